The molecule has 0 aliphatic rings. The van der Waals surface area contributed by atoms with E-state index in [0.717, 1.165) is 3.70 Å². The van der Waals surface area contributed by atoms with Crippen molar-refractivity contribution < 1.29 is 0 Å². The largest absolute Gasteiger partial charge is 0.250 e. The maximum atomic E-state index is 4.16. The van der Waals surface area contributed by atoms with Crippen LogP contribution in [0.15, 0.2) is 12.3 Å². The molecule has 0 fully saturated rings. The highest BCUT2D eigenvalue weighted by molar-refractivity contribution is 14.1. The molecule has 0 unspecified atom stereocenters. The number of rotatable bonds is 0. The number of pyridine rings is 1. The summed E-state index contributed by atoms with van der Waals surface area (Å²) >= 11 is 2.23. The fraction of sp³-hybridized carbons (Fsp3) is 0.286. The topological polar surface area (TPSA) is 12.9 Å². The Morgan fingerprint density at radius 2 is 2.11 bits per heavy atom. The highest BCUT2D eigenvalue weighted by Crippen LogP contribution is 2.08. The molecule has 0 aromatic carbocycles. The summed E-state index contributed by atoms with van der Waals surface area (Å²) in [7, 11) is 0. The first-order chi connectivity index (χ1) is 4.20. The minimum atomic E-state index is 1.10. The van der Waals surface area contributed by atoms with Crippen LogP contribution in [0.1, 0.15) is 11.1 Å². The lowest BCUT2D eigenvalue weighted by Crippen LogP contribution is -1.85. The Kier molecular flexibility index (Phi) is 2.05. The molecule has 0 aliphatic carbocycles. The van der Waals surface area contributed by atoms with Crippen LogP contribution in [0.4, 0.5) is 0 Å². The van der Waals surface area contributed by atoms with Gasteiger partial charge in [0.1, 0.15) is 3.70 Å². The molecule has 1 aromatic heterocycles. The number of nitrogens with zero attached hydrogens (tertiary/aromatic N) is 1. The zero-order chi connectivity index (χ0) is 6.85. The monoisotopic (exact) mass is 233 g/mol. The van der Waals surface area contributed by atoms with Crippen LogP contribution in [0.5, 0.6) is 0 Å². The lowest BCUT2D eigenvalue weighted by atomic mass is 10.2. The van der Waals surface area contributed by atoms with E-state index in [2.05, 4.69) is 47.5 Å². The standard InChI is InChI=1S/C7H8IN/c1-5-3-6(2)7(8)9-4-5/h3-4H,1-2H3. The Balaban J connectivity index is 3.17. The molecule has 0 amide bonds. The number of aromatic nitrogens is 1. The summed E-state index contributed by atoms with van der Waals surface area (Å²) < 4.78 is 1.10. The van der Waals surface area contributed by atoms with Gasteiger partial charge in [-0.25, -0.2) is 4.98 Å². The Labute approximate surface area is 68.6 Å². The van der Waals surface area contributed by atoms with Gasteiger partial charge in [-0.15, -0.1) is 0 Å². The first-order valence-corrected chi connectivity index (χ1v) is 3.87. The van der Waals surface area contributed by atoms with Gasteiger partial charge in [0.25, 0.3) is 0 Å². The van der Waals surface area contributed by atoms with Crippen LogP contribution in [0, 0.1) is 17.5 Å². The van der Waals surface area contributed by atoms with Gasteiger partial charge in [0.15, 0.2) is 0 Å². The van der Waals surface area contributed by atoms with Crippen molar-refractivity contribution in [1.82, 2.24) is 4.98 Å². The molecule has 48 valence electrons. The maximum Gasteiger partial charge on any atom is 0.104 e. The molecule has 1 nitrogen and oxygen atoms in total. The minimum absolute atomic E-state index is 1.10. The van der Waals surface area contributed by atoms with Gasteiger partial charge in [0.05, 0.1) is 0 Å². The van der Waals surface area contributed by atoms with Gasteiger partial charge in [0.2, 0.25) is 0 Å². The zero-order valence-corrected chi connectivity index (χ0v) is 7.64. The molecule has 0 aliphatic heterocycles. The van der Waals surface area contributed by atoms with Crippen LogP contribution < -0.4 is 0 Å². The molecular formula is C7H8IN. The molecule has 1 aromatic rings. The van der Waals surface area contributed by atoms with E-state index in [0.29, 0.717) is 0 Å². The predicted molar refractivity (Wildman–Crippen MR) is 46.4 cm³/mol. The van der Waals surface area contributed by atoms with Crippen molar-refractivity contribution in [3.05, 3.63) is 27.1 Å². The van der Waals surface area contributed by atoms with Crippen LogP contribution in [-0.4, -0.2) is 4.98 Å². The SMILES string of the molecule is Cc1cnc(I)c(C)c1. The summed E-state index contributed by atoms with van der Waals surface area (Å²) in [6.07, 6.45) is 1.88. The molecule has 0 saturated carbocycles. The molecule has 0 atom stereocenters. The summed E-state index contributed by atoms with van der Waals surface area (Å²) in [6, 6.07) is 2.13. The number of hydrogen-bond acceptors (Lipinski definition) is 1. The lowest BCUT2D eigenvalue weighted by molar-refractivity contribution is 1.17. The second kappa shape index (κ2) is 2.64. The van der Waals surface area contributed by atoms with E-state index in [9.17, 15) is 0 Å². The summed E-state index contributed by atoms with van der Waals surface area (Å²) in [6.45, 7) is 4.12. The number of halogens is 1. The summed E-state index contributed by atoms with van der Waals surface area (Å²) in [5.41, 5.74) is 2.49. The van der Waals surface area contributed by atoms with Crippen molar-refractivity contribution >= 4 is 22.6 Å². The van der Waals surface area contributed by atoms with Crippen molar-refractivity contribution in [2.75, 3.05) is 0 Å². The molecule has 0 saturated heterocycles. The number of hydrogen-bond donors (Lipinski definition) is 0. The van der Waals surface area contributed by atoms with Gasteiger partial charge in [0, 0.05) is 6.20 Å². The molecule has 0 N–H and O–H groups in total. The van der Waals surface area contributed by atoms with Crippen molar-refractivity contribution in [3.8, 4) is 0 Å². The summed E-state index contributed by atoms with van der Waals surface area (Å²) in [5, 5.41) is 0. The Morgan fingerprint density at radius 1 is 1.44 bits per heavy atom. The maximum absolute atomic E-state index is 4.16. The van der Waals surface area contributed by atoms with Gasteiger partial charge >= 0.3 is 0 Å². The quantitative estimate of drug-likeness (QED) is 0.495. The predicted octanol–water partition coefficient (Wildman–Crippen LogP) is 2.30. The highest BCUT2D eigenvalue weighted by atomic mass is 127. The van der Waals surface area contributed by atoms with Crippen LogP contribution >= 0.6 is 22.6 Å². The van der Waals surface area contributed by atoms with Gasteiger partial charge in [-0.05, 0) is 47.6 Å². The van der Waals surface area contributed by atoms with E-state index < -0.39 is 0 Å². The van der Waals surface area contributed by atoms with E-state index in [1.165, 1.54) is 11.1 Å². The van der Waals surface area contributed by atoms with Crippen molar-refractivity contribution in [2.45, 2.75) is 13.8 Å². The van der Waals surface area contributed by atoms with E-state index in [4.69, 9.17) is 0 Å². The third-order valence-corrected chi connectivity index (χ3v) is 2.28. The Hall–Kier alpha value is -0.120. The fourth-order valence-corrected chi connectivity index (χ4v) is 0.994. The highest BCUT2D eigenvalue weighted by Gasteiger charge is 1.92. The van der Waals surface area contributed by atoms with Crippen molar-refractivity contribution in [2.24, 2.45) is 0 Å². The van der Waals surface area contributed by atoms with E-state index in [1.807, 2.05) is 6.20 Å². The first kappa shape index (κ1) is 6.99. The third kappa shape index (κ3) is 1.64. The van der Waals surface area contributed by atoms with Gasteiger partial charge in [-0.3, -0.25) is 0 Å². The average Bonchev–Trinajstić information content (AvgIpc) is 1.80. The smallest absolute Gasteiger partial charge is 0.104 e. The molecule has 0 bridgehead atoms. The molecule has 1 rings (SSSR count). The minimum Gasteiger partial charge on any atom is -0.250 e. The van der Waals surface area contributed by atoms with Gasteiger partial charge in [-0.2, -0.15) is 0 Å². The average molecular weight is 233 g/mol. The first-order valence-electron chi connectivity index (χ1n) is 2.79. The molecule has 9 heavy (non-hydrogen) atoms. The van der Waals surface area contributed by atoms with Crippen LogP contribution in [-0.2, 0) is 0 Å². The van der Waals surface area contributed by atoms with Crippen LogP contribution in [0.25, 0.3) is 0 Å². The second-order valence-electron chi connectivity index (χ2n) is 2.12. The normalized spacial score (nSPS) is 9.67. The zero-order valence-electron chi connectivity index (χ0n) is 5.48. The third-order valence-electron chi connectivity index (χ3n) is 1.15. The molecule has 2 heteroatoms. The molecule has 1 heterocycles. The van der Waals surface area contributed by atoms with Crippen LogP contribution in [0.3, 0.4) is 0 Å². The lowest BCUT2D eigenvalue weighted by Gasteiger charge is -1.95. The Morgan fingerprint density at radius 3 is 2.56 bits per heavy atom. The summed E-state index contributed by atoms with van der Waals surface area (Å²) in [5.74, 6) is 0. The second-order valence-corrected chi connectivity index (χ2v) is 3.14. The van der Waals surface area contributed by atoms with E-state index >= 15 is 0 Å². The van der Waals surface area contributed by atoms with Gasteiger partial charge < -0.3 is 0 Å². The van der Waals surface area contributed by atoms with Crippen LogP contribution in [0.2, 0.25) is 0 Å². The number of aryl methyl sites for hydroxylation is 2. The van der Waals surface area contributed by atoms with Gasteiger partial charge in [-0.1, -0.05) is 6.07 Å². The summed E-state index contributed by atoms with van der Waals surface area (Å²) in [4.78, 5) is 4.16. The molecular weight excluding hydrogens is 225 g/mol. The van der Waals surface area contributed by atoms with Crippen molar-refractivity contribution in [3.63, 3.8) is 0 Å². The van der Waals surface area contributed by atoms with Crippen molar-refractivity contribution in [1.29, 1.82) is 0 Å². The van der Waals surface area contributed by atoms with E-state index in [1.54, 1.807) is 0 Å². The molecule has 0 spiro atoms. The van der Waals surface area contributed by atoms with E-state index in [-0.39, 0.29) is 0 Å². The fourth-order valence-electron chi connectivity index (χ4n) is 0.699. The Bertz CT molecular complexity index is 220. The molecule has 0 radical (unpaired) electrons.